The van der Waals surface area contributed by atoms with Crippen LogP contribution >= 0.6 is 11.4 Å². The SMILES string of the molecule is C=CCCCN=C=[SH]C(=O)[C@H](O)[C@@H](O)[C@H](O)[C@H](O)CO. The molecule has 0 heterocycles. The van der Waals surface area contributed by atoms with Gasteiger partial charge in [0.25, 0.3) is 0 Å². The number of aliphatic hydroxyl groups is 5. The lowest BCUT2D eigenvalue weighted by atomic mass is 10.0. The maximum atomic E-state index is 11.5. The van der Waals surface area contributed by atoms with Crippen LogP contribution in [0, 0.1) is 0 Å². The molecule has 0 rings (SSSR count). The monoisotopic (exact) mass is 307 g/mol. The fraction of sp³-hybridized carbons (Fsp3) is 0.667. The molecule has 0 fully saturated rings. The molecule has 116 valence electrons. The fourth-order valence-electron chi connectivity index (χ4n) is 1.18. The van der Waals surface area contributed by atoms with E-state index in [0.717, 1.165) is 12.8 Å². The zero-order chi connectivity index (χ0) is 15.5. The Labute approximate surface area is 120 Å². The first-order valence-corrected chi connectivity index (χ1v) is 6.95. The molecule has 0 aliphatic heterocycles. The molecule has 5 N–H and O–H groups in total. The van der Waals surface area contributed by atoms with E-state index in [2.05, 4.69) is 16.7 Å². The number of rotatable bonds is 9. The highest BCUT2D eigenvalue weighted by molar-refractivity contribution is 8.11. The van der Waals surface area contributed by atoms with Crippen molar-refractivity contribution in [1.82, 2.24) is 0 Å². The van der Waals surface area contributed by atoms with E-state index in [4.69, 9.17) is 10.2 Å². The van der Waals surface area contributed by atoms with Crippen LogP contribution in [0.4, 0.5) is 0 Å². The number of thiol groups is 1. The standard InChI is InChI=1S/C12H21NO6S/c1-2-3-4-5-13-7-20-12(19)11(18)10(17)9(16)8(15)6-14/h2,8-11,14-18,20H,1,3-6H2/t8-,9-,10+,11-/m1/s1. The Balaban J connectivity index is 4.39. The van der Waals surface area contributed by atoms with E-state index >= 15 is 0 Å². The Kier molecular flexibility index (Phi) is 10.4. The molecular formula is C12H21NO6S. The summed E-state index contributed by atoms with van der Waals surface area (Å²) in [6.07, 6.45) is -3.93. The van der Waals surface area contributed by atoms with Gasteiger partial charge in [-0.2, -0.15) is 0 Å². The van der Waals surface area contributed by atoms with Gasteiger partial charge >= 0.3 is 0 Å². The topological polar surface area (TPSA) is 131 Å². The molecule has 0 spiro atoms. The van der Waals surface area contributed by atoms with Crippen molar-refractivity contribution in [3.8, 4) is 0 Å². The van der Waals surface area contributed by atoms with Crippen molar-refractivity contribution in [3.63, 3.8) is 0 Å². The summed E-state index contributed by atoms with van der Waals surface area (Å²) in [7, 11) is 0. The summed E-state index contributed by atoms with van der Waals surface area (Å²) in [5, 5.41) is 47.6. The average molecular weight is 307 g/mol. The van der Waals surface area contributed by atoms with Crippen molar-refractivity contribution in [2.45, 2.75) is 37.3 Å². The van der Waals surface area contributed by atoms with Gasteiger partial charge in [0.2, 0.25) is 5.12 Å². The largest absolute Gasteiger partial charge is 0.394 e. The first-order chi connectivity index (χ1) is 9.45. The second-order valence-electron chi connectivity index (χ2n) is 4.04. The normalized spacial score (nSPS) is 16.6. The smallest absolute Gasteiger partial charge is 0.220 e. The lowest BCUT2D eigenvalue weighted by Crippen LogP contribution is -2.47. The second kappa shape index (κ2) is 10.9. The van der Waals surface area contributed by atoms with Gasteiger partial charge in [0.15, 0.2) is 6.10 Å². The number of isothiocyanates is 1. The van der Waals surface area contributed by atoms with E-state index in [1.807, 2.05) is 0 Å². The van der Waals surface area contributed by atoms with Crippen LogP contribution in [0.25, 0.3) is 0 Å². The molecule has 0 aliphatic rings. The van der Waals surface area contributed by atoms with E-state index in [1.165, 1.54) is 0 Å². The van der Waals surface area contributed by atoms with Gasteiger partial charge < -0.3 is 25.5 Å². The van der Waals surface area contributed by atoms with Crippen molar-refractivity contribution in [3.05, 3.63) is 12.7 Å². The Morgan fingerprint density at radius 2 is 1.95 bits per heavy atom. The highest BCUT2D eigenvalue weighted by Crippen LogP contribution is 2.08. The predicted molar refractivity (Wildman–Crippen MR) is 76.8 cm³/mol. The van der Waals surface area contributed by atoms with Crippen LogP contribution in [0.5, 0.6) is 0 Å². The minimum absolute atomic E-state index is 0.0538. The Morgan fingerprint density at radius 3 is 2.50 bits per heavy atom. The van der Waals surface area contributed by atoms with Crippen molar-refractivity contribution in [2.75, 3.05) is 13.2 Å². The van der Waals surface area contributed by atoms with Gasteiger partial charge in [-0.1, -0.05) is 17.4 Å². The van der Waals surface area contributed by atoms with Crippen molar-refractivity contribution < 1.29 is 30.3 Å². The molecule has 4 atom stereocenters. The van der Waals surface area contributed by atoms with Gasteiger partial charge in [-0.15, -0.1) is 6.58 Å². The summed E-state index contributed by atoms with van der Waals surface area (Å²) in [6.45, 7) is 3.22. The molecule has 7 nitrogen and oxygen atoms in total. The van der Waals surface area contributed by atoms with Crippen LogP contribution in [-0.2, 0) is 4.79 Å². The summed E-state index contributed by atoms with van der Waals surface area (Å²) in [5.41, 5.74) is 0. The maximum Gasteiger partial charge on any atom is 0.220 e. The second-order valence-corrected chi connectivity index (χ2v) is 4.90. The first kappa shape index (κ1) is 19.1. The Morgan fingerprint density at radius 1 is 1.30 bits per heavy atom. The molecule has 20 heavy (non-hydrogen) atoms. The zero-order valence-corrected chi connectivity index (χ0v) is 11.9. The third-order valence-electron chi connectivity index (χ3n) is 2.42. The van der Waals surface area contributed by atoms with Gasteiger partial charge in [0.05, 0.1) is 6.61 Å². The molecular weight excluding hydrogens is 286 g/mol. The van der Waals surface area contributed by atoms with E-state index in [-0.39, 0.29) is 11.4 Å². The van der Waals surface area contributed by atoms with Gasteiger partial charge in [0.1, 0.15) is 18.3 Å². The number of hydrogen-bond acceptors (Lipinski definition) is 7. The van der Waals surface area contributed by atoms with Crippen LogP contribution in [0.15, 0.2) is 17.6 Å². The number of carbonyl (C=O) groups excluding carboxylic acids is 1. The average Bonchev–Trinajstić information content (AvgIpc) is 2.47. The molecule has 0 unspecified atom stereocenters. The van der Waals surface area contributed by atoms with Gasteiger partial charge in [0, 0.05) is 11.7 Å². The zero-order valence-electron chi connectivity index (χ0n) is 11.0. The number of unbranched alkanes of at least 4 members (excludes halogenated alkanes) is 1. The Bertz CT molecular complexity index is 369. The summed E-state index contributed by atoms with van der Waals surface area (Å²) in [4.78, 5) is 15.3. The number of aliphatic hydroxyl groups excluding tert-OH is 5. The maximum absolute atomic E-state index is 11.5. The minimum Gasteiger partial charge on any atom is -0.394 e. The van der Waals surface area contributed by atoms with E-state index in [9.17, 15) is 20.1 Å². The summed E-state index contributed by atoms with van der Waals surface area (Å²) >= 11 is -0.0538. The minimum atomic E-state index is -1.89. The molecule has 0 aliphatic carbocycles. The van der Waals surface area contributed by atoms with Gasteiger partial charge in [-0.25, -0.2) is 4.99 Å². The van der Waals surface area contributed by atoms with Crippen molar-refractivity contribution >= 4 is 21.6 Å². The van der Waals surface area contributed by atoms with Crippen LogP contribution in [0.3, 0.4) is 0 Å². The quantitative estimate of drug-likeness (QED) is 0.0988. The van der Waals surface area contributed by atoms with Crippen molar-refractivity contribution in [1.29, 1.82) is 0 Å². The van der Waals surface area contributed by atoms with Crippen LogP contribution in [0.1, 0.15) is 12.8 Å². The molecule has 0 aromatic heterocycles. The number of hydrogen-bond donors (Lipinski definition) is 6. The molecule has 0 aromatic rings. The van der Waals surface area contributed by atoms with Crippen LogP contribution in [-0.4, -0.2) is 73.4 Å². The highest BCUT2D eigenvalue weighted by atomic mass is 32.1. The van der Waals surface area contributed by atoms with Crippen LogP contribution in [0.2, 0.25) is 0 Å². The highest BCUT2D eigenvalue weighted by Gasteiger charge is 2.33. The molecule has 0 saturated carbocycles. The number of carbonyl (C=O) groups is 1. The van der Waals surface area contributed by atoms with E-state index < -0.39 is 36.1 Å². The first-order valence-electron chi connectivity index (χ1n) is 6.05. The molecule has 0 bridgehead atoms. The lowest BCUT2D eigenvalue weighted by molar-refractivity contribution is -0.139. The molecule has 0 amide bonds. The molecule has 8 heteroatoms. The summed E-state index contributed by atoms with van der Waals surface area (Å²) in [5.74, 6) is 0. The van der Waals surface area contributed by atoms with Crippen LogP contribution < -0.4 is 0 Å². The third-order valence-corrected chi connectivity index (χ3v) is 3.14. The molecule has 0 radical (unpaired) electrons. The summed E-state index contributed by atoms with van der Waals surface area (Å²) in [6, 6.07) is 0. The number of nitrogens with zero attached hydrogens (tertiary/aromatic N) is 1. The molecule has 0 aromatic carbocycles. The molecule has 0 saturated heterocycles. The van der Waals surface area contributed by atoms with Gasteiger partial charge in [-0.3, -0.25) is 4.79 Å². The van der Waals surface area contributed by atoms with E-state index in [1.54, 1.807) is 6.08 Å². The Hall–Kier alpha value is -0.860. The lowest BCUT2D eigenvalue weighted by Gasteiger charge is -2.23. The fourth-order valence-corrected chi connectivity index (χ4v) is 1.74. The van der Waals surface area contributed by atoms with Gasteiger partial charge in [-0.05, 0) is 12.8 Å². The summed E-state index contributed by atoms with van der Waals surface area (Å²) < 4.78 is 0. The number of aliphatic imine (C=N–C) groups is 1. The third kappa shape index (κ3) is 7.06. The van der Waals surface area contributed by atoms with Crippen molar-refractivity contribution in [2.24, 2.45) is 4.99 Å². The van der Waals surface area contributed by atoms with E-state index in [0.29, 0.717) is 6.54 Å². The number of allylic oxidation sites excluding steroid dienone is 1. The predicted octanol–water partition coefficient (Wildman–Crippen LogP) is -1.71.